The van der Waals surface area contributed by atoms with Gasteiger partial charge in [-0.05, 0) is 33.6 Å². The highest BCUT2D eigenvalue weighted by Gasteiger charge is 2.31. The number of aryl methyl sites for hydroxylation is 1. The Morgan fingerprint density at radius 2 is 2.24 bits per heavy atom. The molecule has 4 nitrogen and oxygen atoms in total. The molecule has 1 aliphatic carbocycles. The van der Waals surface area contributed by atoms with E-state index in [1.165, 1.54) is 12.8 Å². The molecular weight excluding hydrogens is 236 g/mol. The number of hydrogen-bond acceptors (Lipinski definition) is 5. The summed E-state index contributed by atoms with van der Waals surface area (Å²) < 4.78 is 5.00. The Labute approximate surface area is 106 Å². The van der Waals surface area contributed by atoms with Crippen LogP contribution in [0.25, 0.3) is 0 Å². The molecule has 0 unspecified atom stereocenters. The van der Waals surface area contributed by atoms with Gasteiger partial charge in [0, 0.05) is 17.5 Å². The smallest absolute Gasteiger partial charge is 0.358 e. The molecule has 0 bridgehead atoms. The molecule has 0 aliphatic heterocycles. The first-order valence-corrected chi connectivity index (χ1v) is 6.90. The van der Waals surface area contributed by atoms with E-state index in [1.807, 2.05) is 13.8 Å². The second kappa shape index (κ2) is 5.04. The number of ether oxygens (including phenoxy) is 1. The summed E-state index contributed by atoms with van der Waals surface area (Å²) in [6.07, 6.45) is 2.47. The molecule has 1 aromatic heterocycles. The van der Waals surface area contributed by atoms with E-state index >= 15 is 0 Å². The SMILES string of the molecule is CCOC(=O)c1nc(N(CC)C2CC2)sc1C. The lowest BCUT2D eigenvalue weighted by molar-refractivity contribution is 0.0519. The number of esters is 1. The summed E-state index contributed by atoms with van der Waals surface area (Å²) in [5.74, 6) is -0.306. The molecule has 2 rings (SSSR count). The van der Waals surface area contributed by atoms with Crippen molar-refractivity contribution in [1.82, 2.24) is 4.98 Å². The van der Waals surface area contributed by atoms with Crippen LogP contribution in [0.3, 0.4) is 0 Å². The van der Waals surface area contributed by atoms with Crippen LogP contribution >= 0.6 is 11.3 Å². The molecule has 1 aromatic rings. The second-order valence-corrected chi connectivity index (χ2v) is 5.32. The van der Waals surface area contributed by atoms with Crippen molar-refractivity contribution in [2.75, 3.05) is 18.1 Å². The maximum atomic E-state index is 11.7. The second-order valence-electron chi connectivity index (χ2n) is 4.14. The number of thiazole rings is 1. The minimum atomic E-state index is -0.306. The fourth-order valence-electron chi connectivity index (χ4n) is 1.83. The highest BCUT2D eigenvalue weighted by Crippen LogP contribution is 2.35. The van der Waals surface area contributed by atoms with Gasteiger partial charge in [-0.3, -0.25) is 0 Å². The van der Waals surface area contributed by atoms with Crippen molar-refractivity contribution in [2.24, 2.45) is 0 Å². The first-order valence-electron chi connectivity index (χ1n) is 6.08. The summed E-state index contributed by atoms with van der Waals surface area (Å²) in [6.45, 7) is 7.20. The van der Waals surface area contributed by atoms with Gasteiger partial charge < -0.3 is 9.64 Å². The molecule has 0 saturated heterocycles. The molecule has 1 saturated carbocycles. The molecule has 1 heterocycles. The predicted octanol–water partition coefficient (Wildman–Crippen LogP) is 2.62. The lowest BCUT2D eigenvalue weighted by Crippen LogP contribution is -2.24. The van der Waals surface area contributed by atoms with Crippen LogP contribution in [0, 0.1) is 6.92 Å². The molecule has 5 heteroatoms. The number of rotatable bonds is 5. The Morgan fingerprint density at radius 3 is 2.76 bits per heavy atom. The van der Waals surface area contributed by atoms with Crippen LogP contribution in [0.2, 0.25) is 0 Å². The van der Waals surface area contributed by atoms with Gasteiger partial charge in [-0.25, -0.2) is 9.78 Å². The maximum absolute atomic E-state index is 11.7. The number of nitrogens with zero attached hydrogens (tertiary/aromatic N) is 2. The van der Waals surface area contributed by atoms with Crippen LogP contribution in [0.4, 0.5) is 5.13 Å². The number of anilines is 1. The zero-order chi connectivity index (χ0) is 12.4. The van der Waals surface area contributed by atoms with E-state index in [1.54, 1.807) is 11.3 Å². The normalized spacial score (nSPS) is 14.8. The van der Waals surface area contributed by atoms with Gasteiger partial charge in [0.1, 0.15) is 0 Å². The van der Waals surface area contributed by atoms with E-state index in [0.29, 0.717) is 18.3 Å². The largest absolute Gasteiger partial charge is 0.461 e. The van der Waals surface area contributed by atoms with Gasteiger partial charge >= 0.3 is 5.97 Å². The van der Waals surface area contributed by atoms with Crippen molar-refractivity contribution in [3.8, 4) is 0 Å². The minimum absolute atomic E-state index is 0.306. The molecule has 0 radical (unpaired) electrons. The lowest BCUT2D eigenvalue weighted by Gasteiger charge is -2.18. The van der Waals surface area contributed by atoms with Gasteiger partial charge in [0.2, 0.25) is 0 Å². The van der Waals surface area contributed by atoms with Crippen LogP contribution < -0.4 is 4.90 Å². The molecule has 0 spiro atoms. The first-order chi connectivity index (χ1) is 8.17. The summed E-state index contributed by atoms with van der Waals surface area (Å²) >= 11 is 1.58. The molecule has 0 aromatic carbocycles. The van der Waals surface area contributed by atoms with Gasteiger partial charge in [0.15, 0.2) is 10.8 Å². The van der Waals surface area contributed by atoms with Crippen molar-refractivity contribution in [1.29, 1.82) is 0 Å². The van der Waals surface area contributed by atoms with E-state index < -0.39 is 0 Å². The van der Waals surface area contributed by atoms with Crippen molar-refractivity contribution >= 4 is 22.4 Å². The fraction of sp³-hybridized carbons (Fsp3) is 0.667. The van der Waals surface area contributed by atoms with Gasteiger partial charge in [0.05, 0.1) is 6.61 Å². The van der Waals surface area contributed by atoms with Crippen LogP contribution in [-0.4, -0.2) is 30.1 Å². The highest BCUT2D eigenvalue weighted by atomic mass is 32.1. The fourth-order valence-corrected chi connectivity index (χ4v) is 2.86. The Kier molecular flexibility index (Phi) is 3.66. The third kappa shape index (κ3) is 2.60. The molecule has 0 amide bonds. The maximum Gasteiger partial charge on any atom is 0.358 e. The quantitative estimate of drug-likeness (QED) is 0.758. The summed E-state index contributed by atoms with van der Waals surface area (Å²) in [7, 11) is 0. The van der Waals surface area contributed by atoms with Crippen LogP contribution in [0.1, 0.15) is 42.1 Å². The minimum Gasteiger partial charge on any atom is -0.461 e. The van der Waals surface area contributed by atoms with Crippen LogP contribution in [0.5, 0.6) is 0 Å². The van der Waals surface area contributed by atoms with E-state index in [2.05, 4.69) is 16.8 Å². The first kappa shape index (κ1) is 12.4. The molecule has 1 fully saturated rings. The number of aromatic nitrogens is 1. The molecule has 17 heavy (non-hydrogen) atoms. The topological polar surface area (TPSA) is 42.4 Å². The average Bonchev–Trinajstić information content (AvgIpc) is 3.04. The Bertz CT molecular complexity index is 413. The molecule has 94 valence electrons. The van der Waals surface area contributed by atoms with Crippen LogP contribution in [-0.2, 0) is 4.74 Å². The average molecular weight is 254 g/mol. The van der Waals surface area contributed by atoms with Crippen molar-refractivity contribution < 1.29 is 9.53 Å². The standard InChI is InChI=1S/C12H18N2O2S/c1-4-14(9-6-7-9)12-13-10(8(3)17-12)11(15)16-5-2/h9H,4-7H2,1-3H3. The third-order valence-electron chi connectivity index (χ3n) is 2.83. The van der Waals surface area contributed by atoms with Crippen molar-refractivity contribution in [2.45, 2.75) is 39.7 Å². The van der Waals surface area contributed by atoms with Gasteiger partial charge in [-0.1, -0.05) is 0 Å². The van der Waals surface area contributed by atoms with Gasteiger partial charge in [-0.2, -0.15) is 0 Å². The molecule has 0 atom stereocenters. The summed E-state index contributed by atoms with van der Waals surface area (Å²) in [5, 5.41) is 0.954. The van der Waals surface area contributed by atoms with Gasteiger partial charge in [-0.15, -0.1) is 11.3 Å². The monoisotopic (exact) mass is 254 g/mol. The lowest BCUT2D eigenvalue weighted by atomic mass is 10.4. The van der Waals surface area contributed by atoms with Crippen molar-refractivity contribution in [3.05, 3.63) is 10.6 Å². The Balaban J connectivity index is 2.19. The van der Waals surface area contributed by atoms with Crippen LogP contribution in [0.15, 0.2) is 0 Å². The van der Waals surface area contributed by atoms with E-state index in [9.17, 15) is 4.79 Å². The number of hydrogen-bond donors (Lipinski definition) is 0. The van der Waals surface area contributed by atoms with E-state index in [0.717, 1.165) is 16.6 Å². The molecular formula is C12H18N2O2S. The van der Waals surface area contributed by atoms with E-state index in [4.69, 9.17) is 4.74 Å². The highest BCUT2D eigenvalue weighted by molar-refractivity contribution is 7.15. The number of carbonyl (C=O) groups excluding carboxylic acids is 1. The third-order valence-corrected chi connectivity index (χ3v) is 3.84. The summed E-state index contributed by atoms with van der Waals surface area (Å²) in [6, 6.07) is 0.626. The predicted molar refractivity (Wildman–Crippen MR) is 68.8 cm³/mol. The van der Waals surface area contributed by atoms with Gasteiger partial charge in [0.25, 0.3) is 0 Å². The number of carbonyl (C=O) groups is 1. The summed E-state index contributed by atoms with van der Waals surface area (Å²) in [4.78, 5) is 19.3. The Hall–Kier alpha value is -1.10. The van der Waals surface area contributed by atoms with E-state index in [-0.39, 0.29) is 5.97 Å². The Morgan fingerprint density at radius 1 is 1.53 bits per heavy atom. The zero-order valence-corrected chi connectivity index (χ0v) is 11.3. The zero-order valence-electron chi connectivity index (χ0n) is 10.5. The molecule has 0 N–H and O–H groups in total. The molecule has 1 aliphatic rings. The van der Waals surface area contributed by atoms with Crippen molar-refractivity contribution in [3.63, 3.8) is 0 Å². The summed E-state index contributed by atoms with van der Waals surface area (Å²) in [5.41, 5.74) is 0.478.